The maximum atomic E-state index is 3.50. The van der Waals surface area contributed by atoms with E-state index in [0.717, 1.165) is 25.0 Å². The zero-order valence-electron chi connectivity index (χ0n) is 15.5. The van der Waals surface area contributed by atoms with E-state index in [1.807, 2.05) is 0 Å². The van der Waals surface area contributed by atoms with Gasteiger partial charge in [-0.3, -0.25) is 0 Å². The van der Waals surface area contributed by atoms with Crippen molar-refractivity contribution in [2.45, 2.75) is 57.5 Å². The minimum atomic E-state index is 0.362. The normalized spacial score (nSPS) is 23.1. The third-order valence-electron chi connectivity index (χ3n) is 5.67. The Hall–Kier alpha value is -2.04. The van der Waals surface area contributed by atoms with Gasteiger partial charge in [0.25, 0.3) is 0 Å². The van der Waals surface area contributed by atoms with E-state index >= 15 is 0 Å². The molecule has 1 unspecified atom stereocenters. The first-order valence-corrected chi connectivity index (χ1v) is 9.67. The van der Waals surface area contributed by atoms with Gasteiger partial charge >= 0.3 is 0 Å². The third kappa shape index (κ3) is 4.74. The Bertz CT molecular complexity index is 646. The molecule has 2 aromatic carbocycles. The average molecular weight is 333 g/mol. The first-order chi connectivity index (χ1) is 12.3. The first kappa shape index (κ1) is 17.8. The fraction of sp³-hybridized carbons (Fsp3) is 0.417. The Kier molecular flexibility index (Phi) is 6.31. The van der Waals surface area contributed by atoms with Gasteiger partial charge in [0.15, 0.2) is 0 Å². The quantitative estimate of drug-likeness (QED) is 0.806. The van der Waals surface area contributed by atoms with E-state index in [9.17, 15) is 0 Å². The summed E-state index contributed by atoms with van der Waals surface area (Å²) in [6, 6.07) is 23.0. The largest absolute Gasteiger partial charge is 0.320 e. The highest BCUT2D eigenvalue weighted by Gasteiger charge is 2.27. The molecular weight excluding hydrogens is 302 g/mol. The Morgan fingerprint density at radius 2 is 1.36 bits per heavy atom. The monoisotopic (exact) mass is 332 g/mol. The van der Waals surface area contributed by atoms with Crippen LogP contribution in [0.1, 0.15) is 56.6 Å². The lowest BCUT2D eigenvalue weighted by Gasteiger charge is -2.34. The van der Waals surface area contributed by atoms with Crippen LogP contribution in [0.5, 0.6) is 0 Å². The van der Waals surface area contributed by atoms with Crippen molar-refractivity contribution in [3.8, 4) is 11.8 Å². The van der Waals surface area contributed by atoms with Crippen molar-refractivity contribution in [2.24, 2.45) is 0 Å². The standard InChI is InChI=1S/C24H29N/c1-20-12-11-13-21(2)25(20)19-10-9-18-24(22-14-5-3-6-15-22)23-16-7-4-8-17-23/h3-8,14-17,20-21,24H,11-13,18-19H2,1-2H3/p+1/t20-,21+. The van der Waals surface area contributed by atoms with E-state index in [1.165, 1.54) is 30.4 Å². The summed E-state index contributed by atoms with van der Waals surface area (Å²) in [7, 11) is 0. The van der Waals surface area contributed by atoms with Crippen molar-refractivity contribution in [1.29, 1.82) is 0 Å². The van der Waals surface area contributed by atoms with Crippen LogP contribution in [-0.2, 0) is 0 Å². The number of nitrogens with one attached hydrogen (secondary N) is 1. The molecule has 2 aromatic rings. The van der Waals surface area contributed by atoms with Gasteiger partial charge in [-0.15, -0.1) is 0 Å². The summed E-state index contributed by atoms with van der Waals surface area (Å²) in [4.78, 5) is 1.68. The Morgan fingerprint density at radius 1 is 0.840 bits per heavy atom. The zero-order chi connectivity index (χ0) is 17.5. The third-order valence-corrected chi connectivity index (χ3v) is 5.67. The zero-order valence-corrected chi connectivity index (χ0v) is 15.5. The van der Waals surface area contributed by atoms with Crippen LogP contribution >= 0.6 is 0 Å². The van der Waals surface area contributed by atoms with Gasteiger partial charge in [0.2, 0.25) is 0 Å². The van der Waals surface area contributed by atoms with Gasteiger partial charge < -0.3 is 4.90 Å². The summed E-state index contributed by atoms with van der Waals surface area (Å²) in [5.41, 5.74) is 2.71. The lowest BCUT2D eigenvalue weighted by Crippen LogP contribution is -3.19. The molecule has 1 fully saturated rings. The molecule has 0 radical (unpaired) electrons. The second-order valence-corrected chi connectivity index (χ2v) is 7.42. The topological polar surface area (TPSA) is 4.44 Å². The van der Waals surface area contributed by atoms with Gasteiger partial charge in [0.1, 0.15) is 6.54 Å². The smallest absolute Gasteiger partial charge is 0.139 e. The van der Waals surface area contributed by atoms with Crippen LogP contribution in [0.4, 0.5) is 0 Å². The fourth-order valence-corrected chi connectivity index (χ4v) is 4.07. The second kappa shape index (κ2) is 8.88. The van der Waals surface area contributed by atoms with Gasteiger partial charge in [-0.25, -0.2) is 0 Å². The minimum Gasteiger partial charge on any atom is -0.320 e. The van der Waals surface area contributed by atoms with Crippen molar-refractivity contribution in [3.05, 3.63) is 71.8 Å². The average Bonchev–Trinajstić information content (AvgIpc) is 2.65. The summed E-state index contributed by atoms with van der Waals surface area (Å²) in [5.74, 6) is 7.36. The van der Waals surface area contributed by atoms with Crippen molar-refractivity contribution in [3.63, 3.8) is 0 Å². The molecule has 1 nitrogen and oxygen atoms in total. The summed E-state index contributed by atoms with van der Waals surface area (Å²) >= 11 is 0. The van der Waals surface area contributed by atoms with E-state index in [4.69, 9.17) is 0 Å². The van der Waals surface area contributed by atoms with Crippen LogP contribution in [0.25, 0.3) is 0 Å². The molecule has 0 saturated carbocycles. The van der Waals surface area contributed by atoms with E-state index in [0.29, 0.717) is 5.92 Å². The van der Waals surface area contributed by atoms with Crippen LogP contribution in [0.2, 0.25) is 0 Å². The molecule has 0 aliphatic carbocycles. The molecule has 1 heterocycles. The molecule has 1 aliphatic rings. The molecule has 130 valence electrons. The van der Waals surface area contributed by atoms with Gasteiger partial charge in [0, 0.05) is 12.3 Å². The predicted octanol–water partition coefficient (Wildman–Crippen LogP) is 4.06. The number of hydrogen-bond donors (Lipinski definition) is 1. The fourth-order valence-electron chi connectivity index (χ4n) is 4.07. The summed E-state index contributed by atoms with van der Waals surface area (Å²) in [6.45, 7) is 5.74. The predicted molar refractivity (Wildman–Crippen MR) is 106 cm³/mol. The SMILES string of the molecule is C[C@@H]1CCC[C@H](C)[NH+]1CC#CCC(c1ccccc1)c1ccccc1. The lowest BCUT2D eigenvalue weighted by molar-refractivity contribution is -0.944. The van der Waals surface area contributed by atoms with Gasteiger partial charge in [-0.1, -0.05) is 66.6 Å². The van der Waals surface area contributed by atoms with Crippen LogP contribution in [0, 0.1) is 11.8 Å². The van der Waals surface area contributed by atoms with E-state index in [-0.39, 0.29) is 0 Å². The molecule has 1 aliphatic heterocycles. The molecular formula is C24H30N+. The number of quaternary nitrogens is 1. The molecule has 0 spiro atoms. The first-order valence-electron chi connectivity index (χ1n) is 9.67. The Balaban J connectivity index is 1.70. The molecule has 25 heavy (non-hydrogen) atoms. The Morgan fingerprint density at radius 3 is 1.88 bits per heavy atom. The maximum absolute atomic E-state index is 3.50. The lowest BCUT2D eigenvalue weighted by atomic mass is 9.89. The van der Waals surface area contributed by atoms with Gasteiger partial charge in [-0.05, 0) is 50.2 Å². The van der Waals surface area contributed by atoms with Crippen LogP contribution in [-0.4, -0.2) is 18.6 Å². The molecule has 0 aromatic heterocycles. The Labute approximate surface area is 153 Å². The molecule has 3 atom stereocenters. The minimum absolute atomic E-state index is 0.362. The van der Waals surface area contributed by atoms with Gasteiger partial charge in [-0.2, -0.15) is 0 Å². The highest BCUT2D eigenvalue weighted by molar-refractivity contribution is 5.33. The molecule has 1 heteroatoms. The van der Waals surface area contributed by atoms with Crippen LogP contribution in [0.3, 0.4) is 0 Å². The summed E-state index contributed by atoms with van der Waals surface area (Å²) < 4.78 is 0. The molecule has 1 N–H and O–H groups in total. The van der Waals surface area contributed by atoms with Crippen molar-refractivity contribution >= 4 is 0 Å². The number of hydrogen-bond acceptors (Lipinski definition) is 0. The summed E-state index contributed by atoms with van der Waals surface area (Å²) in [5, 5.41) is 0. The van der Waals surface area contributed by atoms with E-state index in [1.54, 1.807) is 4.90 Å². The van der Waals surface area contributed by atoms with E-state index in [2.05, 4.69) is 86.4 Å². The highest BCUT2D eigenvalue weighted by atomic mass is 15.2. The molecule has 3 rings (SSSR count). The van der Waals surface area contributed by atoms with Crippen LogP contribution < -0.4 is 4.90 Å². The molecule has 1 saturated heterocycles. The van der Waals surface area contributed by atoms with Crippen LogP contribution in [0.15, 0.2) is 60.7 Å². The number of piperidine rings is 1. The van der Waals surface area contributed by atoms with Crippen molar-refractivity contribution in [2.75, 3.05) is 6.54 Å². The molecule has 0 amide bonds. The number of benzene rings is 2. The highest BCUT2D eigenvalue weighted by Crippen LogP contribution is 2.27. The maximum Gasteiger partial charge on any atom is 0.139 e. The molecule has 0 bridgehead atoms. The summed E-state index contributed by atoms with van der Waals surface area (Å²) in [6.07, 6.45) is 4.96. The van der Waals surface area contributed by atoms with Gasteiger partial charge in [0.05, 0.1) is 12.1 Å². The second-order valence-electron chi connectivity index (χ2n) is 7.42. The number of rotatable bonds is 4. The van der Waals surface area contributed by atoms with E-state index < -0.39 is 0 Å². The van der Waals surface area contributed by atoms with Crippen molar-refractivity contribution in [1.82, 2.24) is 0 Å². The van der Waals surface area contributed by atoms with Crippen molar-refractivity contribution < 1.29 is 4.90 Å². The number of likely N-dealkylation sites (tertiary alicyclic amines) is 1.